The molecule has 1 aliphatic rings. The summed E-state index contributed by atoms with van der Waals surface area (Å²) < 4.78 is 12.1. The van der Waals surface area contributed by atoms with Gasteiger partial charge in [0.15, 0.2) is 0 Å². The van der Waals surface area contributed by atoms with E-state index in [0.29, 0.717) is 5.17 Å². The Hall–Kier alpha value is -1.33. The van der Waals surface area contributed by atoms with Gasteiger partial charge < -0.3 is 14.8 Å². The summed E-state index contributed by atoms with van der Waals surface area (Å²) in [5.41, 5.74) is 3.71. The van der Waals surface area contributed by atoms with Gasteiger partial charge in [-0.1, -0.05) is 53.9 Å². The summed E-state index contributed by atoms with van der Waals surface area (Å²) in [6, 6.07) is 4.30. The molecule has 1 atom stereocenters. The first-order chi connectivity index (χ1) is 14.1. The van der Waals surface area contributed by atoms with Crippen molar-refractivity contribution in [2.45, 2.75) is 71.1 Å². The lowest BCUT2D eigenvalue weighted by atomic mass is 9.84. The highest BCUT2D eigenvalue weighted by Crippen LogP contribution is 2.43. The molecule has 0 bridgehead atoms. The van der Waals surface area contributed by atoms with E-state index in [1.54, 1.807) is 0 Å². The van der Waals surface area contributed by atoms with Crippen molar-refractivity contribution in [3.63, 3.8) is 0 Å². The van der Waals surface area contributed by atoms with Gasteiger partial charge in [0.25, 0.3) is 5.17 Å². The van der Waals surface area contributed by atoms with Crippen molar-refractivity contribution in [1.29, 1.82) is 0 Å². The lowest BCUT2D eigenvalue weighted by Gasteiger charge is -2.25. The van der Waals surface area contributed by atoms with E-state index in [1.165, 1.54) is 36.7 Å². The van der Waals surface area contributed by atoms with Crippen LogP contribution in [-0.4, -0.2) is 17.0 Å². The smallest absolute Gasteiger partial charge is 0.262 e. The minimum Gasteiger partial charge on any atom is -0.465 e. The van der Waals surface area contributed by atoms with E-state index in [2.05, 4.69) is 59.9 Å². The van der Waals surface area contributed by atoms with Gasteiger partial charge in [0.1, 0.15) is 11.5 Å². The van der Waals surface area contributed by atoms with E-state index in [9.17, 15) is 0 Å². The second kappa shape index (κ2) is 13.1. The zero-order valence-electron chi connectivity index (χ0n) is 17.8. The number of ether oxygens (including phenoxy) is 2. The Balaban J connectivity index is 2.38. The molecule has 3 nitrogen and oxygen atoms in total. The number of allylic oxidation sites excluding steroid dienone is 2. The summed E-state index contributed by atoms with van der Waals surface area (Å²) >= 11 is 8.91. The number of nitrogens with one attached hydrogen (secondary N) is 1. The Morgan fingerprint density at radius 3 is 2.79 bits per heavy atom. The van der Waals surface area contributed by atoms with Crippen molar-refractivity contribution >= 4 is 33.3 Å². The van der Waals surface area contributed by atoms with Crippen LogP contribution in [0.4, 0.5) is 0 Å². The monoisotopic (exact) mass is 479 g/mol. The molecule has 1 N–H and O–H groups in total. The Bertz CT molecular complexity index is 717. The van der Waals surface area contributed by atoms with Crippen LogP contribution in [-0.2, 0) is 6.42 Å². The van der Waals surface area contributed by atoms with E-state index in [0.717, 1.165) is 61.0 Å². The summed E-state index contributed by atoms with van der Waals surface area (Å²) in [6.45, 7) is 8.99. The number of benzene rings is 1. The lowest BCUT2D eigenvalue weighted by Crippen LogP contribution is -2.28. The van der Waals surface area contributed by atoms with E-state index in [4.69, 9.17) is 21.7 Å². The fraction of sp³-hybridized carbons (Fsp3) is 0.542. The minimum atomic E-state index is 0.267. The van der Waals surface area contributed by atoms with Crippen LogP contribution in [0.5, 0.6) is 11.5 Å². The molecular weight excluding hydrogens is 446 g/mol. The number of rotatable bonds is 11. The van der Waals surface area contributed by atoms with Gasteiger partial charge in [-0.15, -0.1) is 0 Å². The predicted octanol–water partition coefficient (Wildman–Crippen LogP) is 7.19. The van der Waals surface area contributed by atoms with Gasteiger partial charge in [0.2, 0.25) is 0 Å². The fourth-order valence-electron chi connectivity index (χ4n) is 3.75. The van der Waals surface area contributed by atoms with Crippen molar-refractivity contribution < 1.29 is 9.47 Å². The number of aryl methyl sites for hydroxylation is 1. The van der Waals surface area contributed by atoms with Crippen molar-refractivity contribution in [2.75, 3.05) is 11.9 Å². The van der Waals surface area contributed by atoms with Gasteiger partial charge in [-0.05, 0) is 75.4 Å². The molecule has 1 aliphatic carbocycles. The summed E-state index contributed by atoms with van der Waals surface area (Å²) in [6.07, 6.45) is 12.8. The van der Waals surface area contributed by atoms with Gasteiger partial charge in [0.05, 0.1) is 6.26 Å². The number of unbranched alkanes of at least 4 members (excludes halogenated alkanes) is 2. The number of hydrogen-bond donors (Lipinski definition) is 1. The average Bonchev–Trinajstić information content (AvgIpc) is 2.68. The molecule has 0 radical (unpaired) electrons. The Morgan fingerprint density at radius 1 is 1.31 bits per heavy atom. The standard InChI is InChI=1S/C24H34BrNO2S/c1-4-6-7-11-19-16-21(27-5-2)23(20-12-8-10-18(3)15-20)22(17-19)28-24(29)26-14-9-13-25/h5,15-17,20H,2,4,6-14H2,1,3H3,(H,26,29). The van der Waals surface area contributed by atoms with E-state index >= 15 is 0 Å². The molecule has 0 spiro atoms. The maximum Gasteiger partial charge on any atom is 0.262 e. The molecule has 1 aromatic carbocycles. The zero-order chi connectivity index (χ0) is 21.1. The Labute approximate surface area is 190 Å². The molecule has 1 unspecified atom stereocenters. The number of hydrogen-bond acceptors (Lipinski definition) is 3. The van der Waals surface area contributed by atoms with E-state index in [1.807, 2.05) is 0 Å². The summed E-state index contributed by atoms with van der Waals surface area (Å²) in [5, 5.41) is 4.55. The van der Waals surface area contributed by atoms with Crippen LogP contribution in [0.3, 0.4) is 0 Å². The first-order valence-electron chi connectivity index (χ1n) is 10.7. The van der Waals surface area contributed by atoms with Crippen molar-refractivity contribution in [1.82, 2.24) is 5.32 Å². The molecule has 2 rings (SSSR count). The molecule has 0 aliphatic heterocycles. The minimum absolute atomic E-state index is 0.267. The van der Waals surface area contributed by atoms with Crippen LogP contribution >= 0.6 is 28.1 Å². The zero-order valence-corrected chi connectivity index (χ0v) is 20.2. The SMILES string of the molecule is C=COc1cc(CCCCC)cc(OC(=S)NCCCBr)c1C1C=C(C)CCC1. The normalized spacial score (nSPS) is 16.1. The second-order valence-corrected chi connectivity index (χ2v) is 8.78. The second-order valence-electron chi connectivity index (χ2n) is 7.62. The topological polar surface area (TPSA) is 30.5 Å². The third kappa shape index (κ3) is 7.78. The first-order valence-corrected chi connectivity index (χ1v) is 12.2. The highest BCUT2D eigenvalue weighted by atomic mass is 79.9. The molecule has 0 heterocycles. The summed E-state index contributed by atoms with van der Waals surface area (Å²) in [7, 11) is 0. The van der Waals surface area contributed by atoms with Gasteiger partial charge in [-0.2, -0.15) is 0 Å². The van der Waals surface area contributed by atoms with Gasteiger partial charge in [0, 0.05) is 23.4 Å². The third-order valence-corrected chi connectivity index (χ3v) is 5.96. The summed E-state index contributed by atoms with van der Waals surface area (Å²) in [5.74, 6) is 1.91. The Morgan fingerprint density at radius 2 is 2.10 bits per heavy atom. The molecule has 29 heavy (non-hydrogen) atoms. The molecule has 0 fully saturated rings. The van der Waals surface area contributed by atoms with Crippen LogP contribution < -0.4 is 14.8 Å². The van der Waals surface area contributed by atoms with Crippen LogP contribution in [0.2, 0.25) is 0 Å². The largest absolute Gasteiger partial charge is 0.465 e. The van der Waals surface area contributed by atoms with Gasteiger partial charge >= 0.3 is 0 Å². The molecule has 5 heteroatoms. The summed E-state index contributed by atoms with van der Waals surface area (Å²) in [4.78, 5) is 0. The molecular formula is C24H34BrNO2S. The van der Waals surface area contributed by atoms with Crippen molar-refractivity contribution in [3.05, 3.63) is 47.7 Å². The highest BCUT2D eigenvalue weighted by molar-refractivity contribution is 9.09. The maximum absolute atomic E-state index is 6.18. The molecule has 0 amide bonds. The third-order valence-electron chi connectivity index (χ3n) is 5.17. The number of alkyl halides is 1. The van der Waals surface area contributed by atoms with Crippen LogP contribution in [0.25, 0.3) is 0 Å². The molecule has 160 valence electrons. The Kier molecular flexibility index (Phi) is 10.8. The number of halogens is 1. The fourth-order valence-corrected chi connectivity index (χ4v) is 4.22. The molecule has 1 aromatic rings. The maximum atomic E-state index is 6.18. The van der Waals surface area contributed by atoms with Gasteiger partial charge in [-0.25, -0.2) is 0 Å². The molecule has 0 aromatic heterocycles. The molecule has 0 saturated heterocycles. The van der Waals surface area contributed by atoms with Crippen LogP contribution in [0.1, 0.15) is 75.8 Å². The van der Waals surface area contributed by atoms with Crippen LogP contribution in [0.15, 0.2) is 36.6 Å². The van der Waals surface area contributed by atoms with Crippen LogP contribution in [0, 0.1) is 0 Å². The molecule has 0 saturated carbocycles. The van der Waals surface area contributed by atoms with Crippen molar-refractivity contribution in [3.8, 4) is 11.5 Å². The van der Waals surface area contributed by atoms with Crippen molar-refractivity contribution in [2.24, 2.45) is 0 Å². The quantitative estimate of drug-likeness (QED) is 0.119. The van der Waals surface area contributed by atoms with Gasteiger partial charge in [-0.3, -0.25) is 0 Å². The highest BCUT2D eigenvalue weighted by Gasteiger charge is 2.24. The first kappa shape index (κ1) is 23.9. The van der Waals surface area contributed by atoms with E-state index in [-0.39, 0.29) is 5.92 Å². The average molecular weight is 481 g/mol. The predicted molar refractivity (Wildman–Crippen MR) is 130 cm³/mol. The lowest BCUT2D eigenvalue weighted by molar-refractivity contribution is 0.453. The van der Waals surface area contributed by atoms with E-state index < -0.39 is 0 Å². The number of thiocarbonyl (C=S) groups is 1.